The first-order valence-electron chi connectivity index (χ1n) is 10.2. The van der Waals surface area contributed by atoms with Crippen molar-refractivity contribution < 1.29 is 18.8 Å². The molecule has 1 atom stereocenters. The lowest BCUT2D eigenvalue weighted by Gasteiger charge is -2.10. The fourth-order valence-electron chi connectivity index (χ4n) is 3.66. The van der Waals surface area contributed by atoms with Crippen molar-refractivity contribution in [2.24, 2.45) is 0 Å². The number of hydrogen-bond acceptors (Lipinski definition) is 6. The van der Waals surface area contributed by atoms with Crippen LogP contribution in [-0.2, 0) is 11.3 Å². The van der Waals surface area contributed by atoms with Gasteiger partial charge in [0.05, 0.1) is 12.1 Å². The maximum absolute atomic E-state index is 12.8. The van der Waals surface area contributed by atoms with E-state index >= 15 is 0 Å². The predicted molar refractivity (Wildman–Crippen MR) is 113 cm³/mol. The Kier molecular flexibility index (Phi) is 5.70. The molecule has 0 saturated heterocycles. The number of carbonyl (C=O) groups is 2. The zero-order valence-corrected chi connectivity index (χ0v) is 17.4. The van der Waals surface area contributed by atoms with E-state index in [0.29, 0.717) is 22.6 Å². The lowest BCUT2D eigenvalue weighted by atomic mass is 10.0. The van der Waals surface area contributed by atoms with Gasteiger partial charge in [0, 0.05) is 16.8 Å². The van der Waals surface area contributed by atoms with Crippen molar-refractivity contribution in [1.29, 1.82) is 0 Å². The summed E-state index contributed by atoms with van der Waals surface area (Å²) in [5, 5.41) is 6.47. The van der Waals surface area contributed by atoms with Crippen molar-refractivity contribution in [3.05, 3.63) is 81.1 Å². The molecule has 0 saturated carbocycles. The molecule has 8 heteroatoms. The Labute approximate surface area is 178 Å². The Bertz CT molecular complexity index is 1190. The number of nitrogens with zero attached hydrogens (tertiary/aromatic N) is 2. The van der Waals surface area contributed by atoms with Gasteiger partial charge in [-0.05, 0) is 49.6 Å². The first kappa shape index (κ1) is 20.6. The van der Waals surface area contributed by atoms with E-state index in [2.05, 4.69) is 21.9 Å². The number of fused-ring (bicyclic) bond motifs is 1. The summed E-state index contributed by atoms with van der Waals surface area (Å²) in [6, 6.07) is 12.2. The number of carbonyl (C=O) groups excluding carboxylic acids is 2. The monoisotopic (exact) mass is 421 g/mol. The van der Waals surface area contributed by atoms with E-state index in [-0.39, 0.29) is 24.5 Å². The Hall–Kier alpha value is -3.68. The summed E-state index contributed by atoms with van der Waals surface area (Å²) in [4.78, 5) is 36.7. The number of aryl methyl sites for hydroxylation is 1. The Balaban J connectivity index is 1.50. The molecule has 2 aromatic carbocycles. The van der Waals surface area contributed by atoms with Gasteiger partial charge in [0.25, 0.3) is 5.91 Å². The summed E-state index contributed by atoms with van der Waals surface area (Å²) < 4.78 is 11.5. The molecule has 0 bridgehead atoms. The summed E-state index contributed by atoms with van der Waals surface area (Å²) in [6.45, 7) is 4.02. The first-order chi connectivity index (χ1) is 15.0. The zero-order chi connectivity index (χ0) is 22.0. The Morgan fingerprint density at radius 1 is 1.19 bits per heavy atom. The van der Waals surface area contributed by atoms with E-state index in [1.165, 1.54) is 4.57 Å². The maximum atomic E-state index is 12.8. The molecule has 1 unspecified atom stereocenters. The van der Waals surface area contributed by atoms with Gasteiger partial charge in [-0.25, -0.2) is 9.59 Å². The molecule has 1 aliphatic rings. The van der Waals surface area contributed by atoms with E-state index in [1.807, 2.05) is 12.1 Å². The van der Waals surface area contributed by atoms with E-state index in [1.54, 1.807) is 37.3 Å². The second-order valence-corrected chi connectivity index (χ2v) is 7.57. The Morgan fingerprint density at radius 3 is 2.77 bits per heavy atom. The van der Waals surface area contributed by atoms with Crippen molar-refractivity contribution in [2.75, 3.05) is 5.32 Å². The molecule has 2 heterocycles. The summed E-state index contributed by atoms with van der Waals surface area (Å²) in [5.41, 5.74) is 3.08. The second-order valence-electron chi connectivity index (χ2n) is 7.57. The van der Waals surface area contributed by atoms with Gasteiger partial charge in [-0.2, -0.15) is 0 Å². The van der Waals surface area contributed by atoms with Crippen LogP contribution >= 0.6 is 0 Å². The molecular formula is C23H23N3O5. The standard InChI is InChI=1S/C23H23N3O5/c1-3-4-8-20-18-10-9-17(12-19(18)22(28)30-20)24-21(27)16-7-5-6-15(11-16)13-26-14(2)25-31-23(26)29/h5-7,9-12,20H,3-4,8,13H2,1-2H3,(H,24,27). The molecule has 1 aliphatic heterocycles. The van der Waals surface area contributed by atoms with E-state index in [9.17, 15) is 14.4 Å². The minimum Gasteiger partial charge on any atom is -0.454 e. The first-order valence-corrected chi connectivity index (χ1v) is 10.2. The van der Waals surface area contributed by atoms with E-state index in [0.717, 1.165) is 30.4 Å². The zero-order valence-electron chi connectivity index (χ0n) is 17.4. The van der Waals surface area contributed by atoms with Crippen LogP contribution in [0.4, 0.5) is 5.69 Å². The number of cyclic esters (lactones) is 1. The summed E-state index contributed by atoms with van der Waals surface area (Å²) in [5.74, 6) is -0.759. The van der Waals surface area contributed by atoms with Gasteiger partial charge >= 0.3 is 11.7 Å². The van der Waals surface area contributed by atoms with Crippen LogP contribution in [0.15, 0.2) is 51.8 Å². The highest BCUT2D eigenvalue weighted by molar-refractivity contribution is 6.05. The van der Waals surface area contributed by atoms with Crippen molar-refractivity contribution in [3.63, 3.8) is 0 Å². The molecule has 3 aromatic rings. The van der Waals surface area contributed by atoms with Crippen molar-refractivity contribution >= 4 is 17.6 Å². The van der Waals surface area contributed by atoms with Gasteiger partial charge in [0.2, 0.25) is 0 Å². The number of hydrogen-bond donors (Lipinski definition) is 1. The number of ether oxygens (including phenoxy) is 1. The van der Waals surface area contributed by atoms with Crippen LogP contribution in [0.3, 0.4) is 0 Å². The molecule has 0 fully saturated rings. The number of nitrogens with one attached hydrogen (secondary N) is 1. The number of rotatable bonds is 7. The summed E-state index contributed by atoms with van der Waals surface area (Å²) >= 11 is 0. The molecule has 1 aromatic heterocycles. The number of benzene rings is 2. The van der Waals surface area contributed by atoms with Gasteiger partial charge in [0.15, 0.2) is 5.82 Å². The largest absolute Gasteiger partial charge is 0.454 e. The van der Waals surface area contributed by atoms with Gasteiger partial charge in [0.1, 0.15) is 6.10 Å². The van der Waals surface area contributed by atoms with Gasteiger partial charge in [-0.15, -0.1) is 0 Å². The number of esters is 1. The van der Waals surface area contributed by atoms with Crippen molar-refractivity contribution in [2.45, 2.75) is 45.8 Å². The maximum Gasteiger partial charge on any atom is 0.441 e. The van der Waals surface area contributed by atoms with Crippen molar-refractivity contribution in [3.8, 4) is 0 Å². The summed E-state index contributed by atoms with van der Waals surface area (Å²) in [6.07, 6.45) is 2.59. The highest BCUT2D eigenvalue weighted by Crippen LogP contribution is 2.35. The predicted octanol–water partition coefficient (Wildman–Crippen LogP) is 3.85. The SMILES string of the molecule is CCCCC1OC(=O)c2cc(NC(=O)c3cccc(Cn4c(C)noc4=O)c3)ccc21. The van der Waals surface area contributed by atoms with Crippen LogP contribution in [0, 0.1) is 6.92 Å². The molecule has 1 amide bonds. The average Bonchev–Trinajstić information content (AvgIpc) is 3.25. The van der Waals surface area contributed by atoms with Crippen LogP contribution in [0.5, 0.6) is 0 Å². The third-order valence-corrected chi connectivity index (χ3v) is 5.34. The molecule has 1 N–H and O–H groups in total. The van der Waals surface area contributed by atoms with Gasteiger partial charge < -0.3 is 10.1 Å². The van der Waals surface area contributed by atoms with Gasteiger partial charge in [-0.3, -0.25) is 13.9 Å². The molecule has 8 nitrogen and oxygen atoms in total. The topological polar surface area (TPSA) is 103 Å². The average molecular weight is 421 g/mol. The van der Waals surface area contributed by atoms with E-state index in [4.69, 9.17) is 4.74 Å². The lowest BCUT2D eigenvalue weighted by Crippen LogP contribution is -2.17. The quantitative estimate of drug-likeness (QED) is 0.581. The highest BCUT2D eigenvalue weighted by atomic mass is 16.5. The molecule has 0 spiro atoms. The fraction of sp³-hybridized carbons (Fsp3) is 0.304. The Morgan fingerprint density at radius 2 is 2.03 bits per heavy atom. The van der Waals surface area contributed by atoms with Crippen LogP contribution in [0.1, 0.15) is 70.0 Å². The molecule has 31 heavy (non-hydrogen) atoms. The number of aromatic nitrogens is 2. The van der Waals surface area contributed by atoms with Crippen molar-refractivity contribution in [1.82, 2.24) is 9.72 Å². The summed E-state index contributed by atoms with van der Waals surface area (Å²) in [7, 11) is 0. The van der Waals surface area contributed by atoms with Crippen LogP contribution < -0.4 is 11.1 Å². The number of unbranched alkanes of at least 4 members (excludes halogenated alkanes) is 1. The minimum absolute atomic E-state index is 0.215. The van der Waals surface area contributed by atoms with E-state index < -0.39 is 5.76 Å². The van der Waals surface area contributed by atoms with Gasteiger partial charge in [-0.1, -0.05) is 36.7 Å². The lowest BCUT2D eigenvalue weighted by molar-refractivity contribution is 0.0364. The number of amides is 1. The minimum atomic E-state index is -0.547. The molecule has 0 aliphatic carbocycles. The third-order valence-electron chi connectivity index (χ3n) is 5.34. The third kappa shape index (κ3) is 4.28. The second kappa shape index (κ2) is 8.59. The normalized spacial score (nSPS) is 14.9. The smallest absolute Gasteiger partial charge is 0.441 e. The van der Waals surface area contributed by atoms with Crippen LogP contribution in [0.2, 0.25) is 0 Å². The molecule has 0 radical (unpaired) electrons. The molecule has 4 rings (SSSR count). The van der Waals surface area contributed by atoms with Crippen LogP contribution in [-0.4, -0.2) is 21.6 Å². The molecular weight excluding hydrogens is 398 g/mol. The fourth-order valence-corrected chi connectivity index (χ4v) is 3.66. The van der Waals surface area contributed by atoms with Crippen LogP contribution in [0.25, 0.3) is 0 Å². The molecule has 160 valence electrons. The highest BCUT2D eigenvalue weighted by Gasteiger charge is 2.30. The number of anilines is 1.